The zero-order valence-corrected chi connectivity index (χ0v) is 7.19. The van der Waals surface area contributed by atoms with E-state index >= 15 is 0 Å². The average Bonchev–Trinajstić information content (AvgIpc) is 2.17. The van der Waals surface area contributed by atoms with Crippen LogP contribution in [0.15, 0.2) is 23.4 Å². The molecule has 0 radical (unpaired) electrons. The van der Waals surface area contributed by atoms with Crippen LogP contribution in [0.25, 0.3) is 0 Å². The van der Waals surface area contributed by atoms with Gasteiger partial charge in [0.1, 0.15) is 17.2 Å². The van der Waals surface area contributed by atoms with E-state index < -0.39 is 0 Å². The first kappa shape index (κ1) is 8.99. The summed E-state index contributed by atoms with van der Waals surface area (Å²) in [5, 5.41) is 2.69. The molecular formula is C7H7FN2OS. The highest BCUT2D eigenvalue weighted by molar-refractivity contribution is 7.94. The Morgan fingerprint density at radius 2 is 2.42 bits per heavy atom. The zero-order valence-electron chi connectivity index (χ0n) is 6.37. The van der Waals surface area contributed by atoms with Crippen LogP contribution < -0.4 is 5.32 Å². The predicted molar refractivity (Wildman–Crippen MR) is 44.6 cm³/mol. The maximum Gasteiger partial charge on any atom is 0.252 e. The summed E-state index contributed by atoms with van der Waals surface area (Å²) in [6.07, 6.45) is 1.33. The molecule has 0 unspecified atom stereocenters. The van der Waals surface area contributed by atoms with Crippen LogP contribution in [-0.2, 0) is 0 Å². The van der Waals surface area contributed by atoms with Crippen LogP contribution in [0.1, 0.15) is 10.4 Å². The van der Waals surface area contributed by atoms with Crippen LogP contribution in [0.3, 0.4) is 0 Å². The molecule has 3 nitrogen and oxygen atoms in total. The lowest BCUT2D eigenvalue weighted by Crippen LogP contribution is -2.17. The van der Waals surface area contributed by atoms with E-state index in [9.17, 15) is 8.68 Å². The normalized spacial score (nSPS) is 9.50. The molecular weight excluding hydrogens is 179 g/mol. The van der Waals surface area contributed by atoms with Crippen molar-refractivity contribution in [2.45, 2.75) is 5.03 Å². The van der Waals surface area contributed by atoms with Gasteiger partial charge < -0.3 is 5.32 Å². The summed E-state index contributed by atoms with van der Waals surface area (Å²) in [7, 11) is 1.53. The zero-order chi connectivity index (χ0) is 8.97. The van der Waals surface area contributed by atoms with Gasteiger partial charge in [-0.05, 0) is 12.1 Å². The van der Waals surface area contributed by atoms with E-state index in [-0.39, 0.29) is 23.1 Å². The molecule has 12 heavy (non-hydrogen) atoms. The molecule has 1 N–H and O–H groups in total. The number of nitrogens with zero attached hydrogens (tertiary/aromatic N) is 1. The smallest absolute Gasteiger partial charge is 0.252 e. The van der Waals surface area contributed by atoms with Gasteiger partial charge in [0.2, 0.25) is 0 Å². The van der Waals surface area contributed by atoms with Gasteiger partial charge in [-0.3, -0.25) is 4.79 Å². The minimum absolute atomic E-state index is 0.0540. The molecule has 5 heteroatoms. The van der Waals surface area contributed by atoms with E-state index in [1.54, 1.807) is 0 Å². The molecule has 0 saturated carbocycles. The Morgan fingerprint density at radius 1 is 1.67 bits per heavy atom. The van der Waals surface area contributed by atoms with Crippen molar-refractivity contribution in [3.8, 4) is 0 Å². The summed E-state index contributed by atoms with van der Waals surface area (Å²) >= 11 is 0.0540. The number of hydrogen-bond acceptors (Lipinski definition) is 3. The van der Waals surface area contributed by atoms with E-state index in [2.05, 4.69) is 10.3 Å². The van der Waals surface area contributed by atoms with Gasteiger partial charge in [-0.1, -0.05) is 0 Å². The molecule has 0 aliphatic carbocycles. The Hall–Kier alpha value is -1.10. The van der Waals surface area contributed by atoms with E-state index in [1.807, 2.05) is 0 Å². The van der Waals surface area contributed by atoms with Gasteiger partial charge in [-0.25, -0.2) is 4.98 Å². The first-order valence-electron chi connectivity index (χ1n) is 3.24. The minimum atomic E-state index is -0.224. The van der Waals surface area contributed by atoms with Gasteiger partial charge in [0, 0.05) is 13.2 Å². The third-order valence-corrected chi connectivity index (χ3v) is 1.70. The van der Waals surface area contributed by atoms with E-state index in [0.29, 0.717) is 5.56 Å². The van der Waals surface area contributed by atoms with Gasteiger partial charge in [0.05, 0.1) is 5.56 Å². The molecule has 0 saturated heterocycles. The van der Waals surface area contributed by atoms with Crippen molar-refractivity contribution in [1.29, 1.82) is 0 Å². The van der Waals surface area contributed by atoms with Crippen molar-refractivity contribution < 1.29 is 8.68 Å². The van der Waals surface area contributed by atoms with Crippen LogP contribution in [0.4, 0.5) is 3.89 Å². The standard InChI is InChI=1S/C7H7FN2OS/c1-9-7(11)5-2-3-6(12-8)10-4-5/h2-4H,1H3,(H,9,11). The van der Waals surface area contributed by atoms with E-state index in [0.717, 1.165) is 0 Å². The molecule has 0 spiro atoms. The quantitative estimate of drug-likeness (QED) is 0.759. The SMILES string of the molecule is CNC(=O)c1ccc(SF)nc1. The first-order chi connectivity index (χ1) is 5.77. The second-order valence-electron chi connectivity index (χ2n) is 2.04. The topological polar surface area (TPSA) is 42.0 Å². The number of halogens is 1. The lowest BCUT2D eigenvalue weighted by atomic mass is 10.3. The summed E-state index contributed by atoms with van der Waals surface area (Å²) in [5.74, 6) is -0.224. The summed E-state index contributed by atoms with van der Waals surface area (Å²) in [5.41, 5.74) is 0.426. The highest BCUT2D eigenvalue weighted by Gasteiger charge is 2.02. The largest absolute Gasteiger partial charge is 0.355 e. The Morgan fingerprint density at radius 3 is 2.83 bits per heavy atom. The minimum Gasteiger partial charge on any atom is -0.355 e. The van der Waals surface area contributed by atoms with Crippen LogP contribution in [0, 0.1) is 0 Å². The van der Waals surface area contributed by atoms with Crippen LogP contribution in [0.2, 0.25) is 0 Å². The number of amides is 1. The first-order valence-corrected chi connectivity index (χ1v) is 3.96. The van der Waals surface area contributed by atoms with Crippen molar-refractivity contribution in [2.24, 2.45) is 0 Å². The summed E-state index contributed by atoms with van der Waals surface area (Å²) in [4.78, 5) is 14.7. The number of carbonyl (C=O) groups excluding carboxylic acids is 1. The maximum atomic E-state index is 11.9. The molecule has 0 aromatic carbocycles. The van der Waals surface area contributed by atoms with Gasteiger partial charge in [-0.2, -0.15) is 3.89 Å². The lowest BCUT2D eigenvalue weighted by Gasteiger charge is -1.97. The van der Waals surface area contributed by atoms with Crippen LogP contribution in [-0.4, -0.2) is 17.9 Å². The maximum absolute atomic E-state index is 11.9. The van der Waals surface area contributed by atoms with Gasteiger partial charge in [0.15, 0.2) is 0 Å². The summed E-state index contributed by atoms with van der Waals surface area (Å²) in [6, 6.07) is 2.98. The van der Waals surface area contributed by atoms with Crippen LogP contribution >= 0.6 is 12.1 Å². The molecule has 64 valence electrons. The van der Waals surface area contributed by atoms with Gasteiger partial charge in [-0.15, -0.1) is 0 Å². The second kappa shape index (κ2) is 4.06. The Labute approximate surface area is 73.7 Å². The molecule has 0 bridgehead atoms. The molecule has 1 aromatic rings. The predicted octanol–water partition coefficient (Wildman–Crippen LogP) is 1.42. The number of nitrogens with one attached hydrogen (secondary N) is 1. The molecule has 0 aliphatic rings. The van der Waals surface area contributed by atoms with E-state index in [1.165, 1.54) is 25.4 Å². The average molecular weight is 186 g/mol. The number of aromatic nitrogens is 1. The third kappa shape index (κ3) is 1.94. The number of rotatable bonds is 2. The van der Waals surface area contributed by atoms with Crippen LogP contribution in [0.5, 0.6) is 0 Å². The Bertz CT molecular complexity index is 275. The summed E-state index contributed by atoms with van der Waals surface area (Å²) in [6.45, 7) is 0. The van der Waals surface area contributed by atoms with E-state index in [4.69, 9.17) is 0 Å². The lowest BCUT2D eigenvalue weighted by molar-refractivity contribution is 0.0962. The van der Waals surface area contributed by atoms with Gasteiger partial charge >= 0.3 is 0 Å². The van der Waals surface area contributed by atoms with Crippen molar-refractivity contribution in [1.82, 2.24) is 10.3 Å². The van der Waals surface area contributed by atoms with Crippen molar-refractivity contribution in [2.75, 3.05) is 7.05 Å². The molecule has 0 fully saturated rings. The summed E-state index contributed by atoms with van der Waals surface area (Å²) < 4.78 is 11.9. The molecule has 0 aliphatic heterocycles. The second-order valence-corrected chi connectivity index (χ2v) is 2.61. The number of carbonyl (C=O) groups is 1. The molecule has 1 aromatic heterocycles. The van der Waals surface area contributed by atoms with Crippen molar-refractivity contribution in [3.63, 3.8) is 0 Å². The Balaban J connectivity index is 2.84. The molecule has 0 atom stereocenters. The van der Waals surface area contributed by atoms with Crippen molar-refractivity contribution in [3.05, 3.63) is 23.9 Å². The molecule has 1 amide bonds. The fourth-order valence-electron chi connectivity index (χ4n) is 0.705. The Kier molecular flexibility index (Phi) is 3.04. The molecule has 1 heterocycles. The fourth-order valence-corrected chi connectivity index (χ4v) is 0.917. The van der Waals surface area contributed by atoms with Gasteiger partial charge in [0.25, 0.3) is 5.91 Å². The third-order valence-electron chi connectivity index (χ3n) is 1.30. The monoisotopic (exact) mass is 186 g/mol. The highest BCUT2D eigenvalue weighted by Crippen LogP contribution is 2.15. The number of pyridine rings is 1. The fraction of sp³-hybridized carbons (Fsp3) is 0.143. The molecule has 1 rings (SSSR count). The van der Waals surface area contributed by atoms with Crippen molar-refractivity contribution >= 4 is 18.1 Å². The number of hydrogen-bond donors (Lipinski definition) is 1. The highest BCUT2D eigenvalue weighted by atomic mass is 32.2.